The van der Waals surface area contributed by atoms with Crippen molar-refractivity contribution in [3.05, 3.63) is 46.3 Å². The predicted octanol–water partition coefficient (Wildman–Crippen LogP) is 0.525. The van der Waals surface area contributed by atoms with E-state index in [1.54, 1.807) is 30.3 Å². The minimum absolute atomic E-state index is 0.0392. The van der Waals surface area contributed by atoms with E-state index >= 15 is 0 Å². The van der Waals surface area contributed by atoms with Crippen molar-refractivity contribution in [1.29, 1.82) is 0 Å². The average Bonchev–Trinajstić information content (AvgIpc) is 2.55. The molecular formula is C14H14ClN3O4S. The highest BCUT2D eigenvalue weighted by atomic mass is 35.5. The minimum Gasteiger partial charge on any atom is -0.480 e. The van der Waals surface area contributed by atoms with Crippen molar-refractivity contribution in [3.8, 4) is 0 Å². The first-order chi connectivity index (χ1) is 10.9. The first kappa shape index (κ1) is 17.3. The highest BCUT2D eigenvalue weighted by Gasteiger charge is 2.35. The number of nitrogens with one attached hydrogen (secondary N) is 2. The Hall–Kier alpha value is -2.03. The molecule has 5 N–H and O–H groups in total. The molecule has 0 radical (unpaired) electrons. The van der Waals surface area contributed by atoms with Crippen molar-refractivity contribution in [2.45, 2.75) is 17.5 Å². The van der Waals surface area contributed by atoms with E-state index in [0.29, 0.717) is 5.56 Å². The number of carbonyl (C=O) groups is 3. The van der Waals surface area contributed by atoms with Crippen LogP contribution in [0, 0.1) is 0 Å². The van der Waals surface area contributed by atoms with Crippen molar-refractivity contribution in [2.75, 3.05) is 0 Å². The van der Waals surface area contributed by atoms with E-state index in [4.69, 9.17) is 17.3 Å². The van der Waals surface area contributed by atoms with Crippen molar-refractivity contribution in [2.24, 2.45) is 5.73 Å². The second kappa shape index (κ2) is 7.49. The zero-order valence-electron chi connectivity index (χ0n) is 11.7. The Morgan fingerprint density at radius 1 is 1.35 bits per heavy atom. The Labute approximate surface area is 141 Å². The molecule has 0 aliphatic carbocycles. The third-order valence-electron chi connectivity index (χ3n) is 3.12. The fourth-order valence-corrected chi connectivity index (χ4v) is 3.00. The van der Waals surface area contributed by atoms with Gasteiger partial charge in [-0.2, -0.15) is 0 Å². The van der Waals surface area contributed by atoms with Gasteiger partial charge in [0.1, 0.15) is 16.4 Å². The maximum Gasteiger partial charge on any atom is 0.329 e. The Balaban J connectivity index is 2.09. The van der Waals surface area contributed by atoms with Gasteiger partial charge >= 0.3 is 5.97 Å². The summed E-state index contributed by atoms with van der Waals surface area (Å²) in [5.41, 5.74) is 6.39. The van der Waals surface area contributed by atoms with Crippen LogP contribution >= 0.6 is 23.4 Å². The standard InChI is InChI=1S/C14H14ClN3O4S/c15-8-6-23-13(18-11(8)19)10(14(21)22)17-12(20)9(16)7-4-2-1-3-5-7/h1-6,9-10,13H,16H2,(H,17,20)(H,18,19)(H,21,22)/t9-,10-,13-/m1/s1. The van der Waals surface area contributed by atoms with Gasteiger partial charge in [-0.3, -0.25) is 9.59 Å². The van der Waals surface area contributed by atoms with Gasteiger partial charge in [0.25, 0.3) is 5.91 Å². The summed E-state index contributed by atoms with van der Waals surface area (Å²) in [5.74, 6) is -2.54. The molecule has 1 aromatic rings. The van der Waals surface area contributed by atoms with E-state index in [1.807, 2.05) is 0 Å². The number of nitrogens with two attached hydrogens (primary N) is 1. The maximum absolute atomic E-state index is 12.2. The Morgan fingerprint density at radius 3 is 2.57 bits per heavy atom. The van der Waals surface area contributed by atoms with Crippen LogP contribution in [-0.2, 0) is 14.4 Å². The minimum atomic E-state index is -1.34. The number of carboxylic acids is 1. The van der Waals surface area contributed by atoms with Crippen LogP contribution in [0.3, 0.4) is 0 Å². The van der Waals surface area contributed by atoms with Crippen LogP contribution in [0.4, 0.5) is 0 Å². The second-order valence-corrected chi connectivity index (χ2v) is 6.13. The van der Waals surface area contributed by atoms with Gasteiger partial charge in [0, 0.05) is 0 Å². The summed E-state index contributed by atoms with van der Waals surface area (Å²) in [6, 6.07) is 6.20. The SMILES string of the molecule is N[C@@H](C(=O)N[C@@H](C(=O)O)[C@@H]1NC(=O)C(Cl)=CS1)c1ccccc1. The largest absolute Gasteiger partial charge is 0.480 e. The van der Waals surface area contributed by atoms with Crippen molar-refractivity contribution in [1.82, 2.24) is 10.6 Å². The van der Waals surface area contributed by atoms with Gasteiger partial charge in [-0.05, 0) is 11.0 Å². The number of carboxylic acid groups (broad SMARTS) is 1. The molecular weight excluding hydrogens is 342 g/mol. The van der Waals surface area contributed by atoms with E-state index in [1.165, 1.54) is 5.41 Å². The Bertz CT molecular complexity index is 653. The number of carbonyl (C=O) groups excluding carboxylic acids is 2. The lowest BCUT2D eigenvalue weighted by Gasteiger charge is -2.27. The third-order valence-corrected chi connectivity index (χ3v) is 4.58. The van der Waals surface area contributed by atoms with E-state index < -0.39 is 35.2 Å². The number of halogens is 1. The van der Waals surface area contributed by atoms with Gasteiger partial charge < -0.3 is 21.5 Å². The van der Waals surface area contributed by atoms with Crippen LogP contribution in [0.1, 0.15) is 11.6 Å². The van der Waals surface area contributed by atoms with Crippen LogP contribution in [0.2, 0.25) is 0 Å². The molecule has 0 saturated carbocycles. The highest BCUT2D eigenvalue weighted by molar-refractivity contribution is 8.03. The number of amides is 2. The smallest absolute Gasteiger partial charge is 0.329 e. The average molecular weight is 356 g/mol. The van der Waals surface area contributed by atoms with Crippen LogP contribution in [-0.4, -0.2) is 34.3 Å². The summed E-state index contributed by atoms with van der Waals surface area (Å²) in [4.78, 5) is 35.1. The number of thioether (sulfide) groups is 1. The van der Waals surface area contributed by atoms with Gasteiger partial charge in [0.05, 0.1) is 0 Å². The molecule has 7 nitrogen and oxygen atoms in total. The predicted molar refractivity (Wildman–Crippen MR) is 86.4 cm³/mol. The molecule has 122 valence electrons. The van der Waals surface area contributed by atoms with Gasteiger partial charge in [0.2, 0.25) is 5.91 Å². The lowest BCUT2D eigenvalue weighted by Crippen LogP contribution is -2.56. The van der Waals surface area contributed by atoms with Crippen LogP contribution in [0.15, 0.2) is 40.8 Å². The summed E-state index contributed by atoms with van der Waals surface area (Å²) in [6.07, 6.45) is 0. The van der Waals surface area contributed by atoms with Gasteiger partial charge in [-0.15, -0.1) is 11.8 Å². The number of rotatable bonds is 5. The molecule has 2 rings (SSSR count). The molecule has 3 atom stereocenters. The first-order valence-electron chi connectivity index (χ1n) is 6.56. The van der Waals surface area contributed by atoms with Gasteiger partial charge in [-0.1, -0.05) is 41.9 Å². The zero-order chi connectivity index (χ0) is 17.0. The summed E-state index contributed by atoms with van der Waals surface area (Å²) in [7, 11) is 0. The molecule has 9 heteroatoms. The fourth-order valence-electron chi connectivity index (χ4n) is 1.90. The molecule has 0 aromatic heterocycles. The molecule has 0 bridgehead atoms. The van der Waals surface area contributed by atoms with E-state index in [0.717, 1.165) is 11.8 Å². The summed E-state index contributed by atoms with van der Waals surface area (Å²) < 4.78 is 0. The lowest BCUT2D eigenvalue weighted by atomic mass is 10.1. The molecule has 1 heterocycles. The molecule has 2 amide bonds. The zero-order valence-corrected chi connectivity index (χ0v) is 13.3. The van der Waals surface area contributed by atoms with E-state index in [9.17, 15) is 19.5 Å². The number of aliphatic carboxylic acids is 1. The number of benzene rings is 1. The van der Waals surface area contributed by atoms with Crippen molar-refractivity contribution >= 4 is 41.1 Å². The topological polar surface area (TPSA) is 122 Å². The highest BCUT2D eigenvalue weighted by Crippen LogP contribution is 2.24. The number of hydrogen-bond acceptors (Lipinski definition) is 5. The molecule has 1 aliphatic heterocycles. The molecule has 0 unspecified atom stereocenters. The van der Waals surface area contributed by atoms with Crippen molar-refractivity contribution < 1.29 is 19.5 Å². The van der Waals surface area contributed by atoms with Crippen LogP contribution < -0.4 is 16.4 Å². The van der Waals surface area contributed by atoms with Gasteiger partial charge in [-0.25, -0.2) is 4.79 Å². The normalized spacial score (nSPS) is 20.0. The monoisotopic (exact) mass is 355 g/mol. The Kier molecular flexibility index (Phi) is 5.64. The molecule has 1 aliphatic rings. The Morgan fingerprint density at radius 2 is 2.00 bits per heavy atom. The van der Waals surface area contributed by atoms with Gasteiger partial charge in [0.15, 0.2) is 6.04 Å². The van der Waals surface area contributed by atoms with Crippen LogP contribution in [0.25, 0.3) is 0 Å². The molecule has 23 heavy (non-hydrogen) atoms. The maximum atomic E-state index is 12.2. The van der Waals surface area contributed by atoms with Crippen molar-refractivity contribution in [3.63, 3.8) is 0 Å². The van der Waals surface area contributed by atoms with E-state index in [2.05, 4.69) is 10.6 Å². The van der Waals surface area contributed by atoms with E-state index in [-0.39, 0.29) is 5.03 Å². The molecule has 0 spiro atoms. The molecule has 1 aromatic carbocycles. The summed E-state index contributed by atoms with van der Waals surface area (Å²) in [5, 5.41) is 14.5. The van der Waals surface area contributed by atoms with Crippen LogP contribution in [0.5, 0.6) is 0 Å². The first-order valence-corrected chi connectivity index (χ1v) is 7.88. The fraction of sp³-hybridized carbons (Fsp3) is 0.214. The summed E-state index contributed by atoms with van der Waals surface area (Å²) in [6.45, 7) is 0. The second-order valence-electron chi connectivity index (χ2n) is 4.71. The molecule has 0 saturated heterocycles. The molecule has 0 fully saturated rings. The summed E-state index contributed by atoms with van der Waals surface area (Å²) >= 11 is 6.63. The quantitative estimate of drug-likeness (QED) is 0.611. The number of hydrogen-bond donors (Lipinski definition) is 4. The third kappa shape index (κ3) is 4.25. The lowest BCUT2D eigenvalue weighted by molar-refractivity contribution is -0.142.